The first-order valence-corrected chi connectivity index (χ1v) is 5.60. The SMILES string of the molecule is O=[N+]([O-])c1cccc(C=Nc2ccccc2[N+](=O)[O-])c1. The Morgan fingerprint density at radius 2 is 1.70 bits per heavy atom. The van der Waals surface area contributed by atoms with Crippen LogP contribution >= 0.6 is 0 Å². The molecule has 0 aliphatic carbocycles. The summed E-state index contributed by atoms with van der Waals surface area (Å²) in [6.07, 6.45) is 1.36. The van der Waals surface area contributed by atoms with E-state index >= 15 is 0 Å². The highest BCUT2D eigenvalue weighted by molar-refractivity contribution is 5.84. The van der Waals surface area contributed by atoms with E-state index in [1.807, 2.05) is 0 Å². The fourth-order valence-electron chi connectivity index (χ4n) is 1.59. The van der Waals surface area contributed by atoms with E-state index in [1.54, 1.807) is 18.2 Å². The van der Waals surface area contributed by atoms with Crippen molar-refractivity contribution in [3.63, 3.8) is 0 Å². The van der Waals surface area contributed by atoms with E-state index in [-0.39, 0.29) is 17.1 Å². The van der Waals surface area contributed by atoms with E-state index in [0.717, 1.165) is 0 Å². The van der Waals surface area contributed by atoms with Gasteiger partial charge in [0.25, 0.3) is 11.4 Å². The van der Waals surface area contributed by atoms with Gasteiger partial charge < -0.3 is 0 Å². The van der Waals surface area contributed by atoms with Crippen LogP contribution in [0, 0.1) is 20.2 Å². The maximum absolute atomic E-state index is 10.8. The molecule has 0 unspecified atom stereocenters. The van der Waals surface area contributed by atoms with E-state index in [4.69, 9.17) is 0 Å². The lowest BCUT2D eigenvalue weighted by Crippen LogP contribution is -1.90. The van der Waals surface area contributed by atoms with Gasteiger partial charge in [0.2, 0.25) is 0 Å². The molecule has 0 aliphatic rings. The molecule has 0 saturated carbocycles. The number of para-hydroxylation sites is 2. The Balaban J connectivity index is 2.32. The molecule has 0 amide bonds. The number of non-ortho nitro benzene ring substituents is 1. The lowest BCUT2D eigenvalue weighted by Gasteiger charge is -1.97. The molecule has 2 aromatic rings. The third-order valence-electron chi connectivity index (χ3n) is 2.51. The van der Waals surface area contributed by atoms with Crippen LogP contribution in [0.3, 0.4) is 0 Å². The second-order valence-electron chi connectivity index (χ2n) is 3.86. The Hall–Kier alpha value is -3.09. The van der Waals surface area contributed by atoms with Crippen LogP contribution in [0.15, 0.2) is 53.5 Å². The Morgan fingerprint density at radius 3 is 2.40 bits per heavy atom. The molecule has 0 N–H and O–H groups in total. The number of nitrogens with zero attached hydrogens (tertiary/aromatic N) is 3. The van der Waals surface area contributed by atoms with Crippen molar-refractivity contribution in [2.45, 2.75) is 0 Å². The summed E-state index contributed by atoms with van der Waals surface area (Å²) in [4.78, 5) is 24.4. The highest BCUT2D eigenvalue weighted by atomic mass is 16.6. The molecule has 100 valence electrons. The van der Waals surface area contributed by atoms with Crippen LogP contribution in [0.1, 0.15) is 5.56 Å². The molecular weight excluding hydrogens is 262 g/mol. The Labute approximate surface area is 113 Å². The Kier molecular flexibility index (Phi) is 3.80. The van der Waals surface area contributed by atoms with Crippen LogP contribution in [0.25, 0.3) is 0 Å². The van der Waals surface area contributed by atoms with E-state index < -0.39 is 9.85 Å². The molecule has 7 heteroatoms. The zero-order chi connectivity index (χ0) is 14.5. The quantitative estimate of drug-likeness (QED) is 0.484. The summed E-state index contributed by atoms with van der Waals surface area (Å²) >= 11 is 0. The summed E-state index contributed by atoms with van der Waals surface area (Å²) in [5, 5.41) is 21.5. The molecule has 0 heterocycles. The van der Waals surface area contributed by atoms with Gasteiger partial charge in [0.05, 0.1) is 9.85 Å². The van der Waals surface area contributed by atoms with Crippen molar-refractivity contribution in [3.05, 3.63) is 74.3 Å². The highest BCUT2D eigenvalue weighted by Gasteiger charge is 2.10. The average Bonchev–Trinajstić information content (AvgIpc) is 2.45. The van der Waals surface area contributed by atoms with Gasteiger partial charge in [-0.15, -0.1) is 0 Å². The first kappa shape index (κ1) is 13.3. The molecule has 7 nitrogen and oxygen atoms in total. The van der Waals surface area contributed by atoms with Crippen molar-refractivity contribution < 1.29 is 9.85 Å². The molecule has 20 heavy (non-hydrogen) atoms. The normalized spacial score (nSPS) is 10.6. The van der Waals surface area contributed by atoms with Gasteiger partial charge in [0, 0.05) is 24.4 Å². The van der Waals surface area contributed by atoms with Crippen LogP contribution in [0.2, 0.25) is 0 Å². The monoisotopic (exact) mass is 271 g/mol. The molecule has 0 radical (unpaired) electrons. The predicted octanol–water partition coefficient (Wildman–Crippen LogP) is 3.25. The molecule has 0 atom stereocenters. The largest absolute Gasteiger partial charge is 0.294 e. The minimum atomic E-state index is -0.528. The van der Waals surface area contributed by atoms with Gasteiger partial charge in [-0.3, -0.25) is 20.2 Å². The highest BCUT2D eigenvalue weighted by Crippen LogP contribution is 2.26. The number of benzene rings is 2. The van der Waals surface area contributed by atoms with Crippen LogP contribution in [0.5, 0.6) is 0 Å². The fourth-order valence-corrected chi connectivity index (χ4v) is 1.59. The molecule has 0 saturated heterocycles. The average molecular weight is 271 g/mol. The lowest BCUT2D eigenvalue weighted by atomic mass is 10.2. The molecular formula is C13H9N3O4. The smallest absolute Gasteiger partial charge is 0.258 e. The van der Waals surface area contributed by atoms with Crippen molar-refractivity contribution >= 4 is 23.3 Å². The van der Waals surface area contributed by atoms with Crippen molar-refractivity contribution in [2.24, 2.45) is 4.99 Å². The summed E-state index contributed by atoms with van der Waals surface area (Å²) in [6.45, 7) is 0. The molecule has 0 bridgehead atoms. The van der Waals surface area contributed by atoms with Crippen LogP contribution < -0.4 is 0 Å². The van der Waals surface area contributed by atoms with Crippen molar-refractivity contribution in [1.82, 2.24) is 0 Å². The molecule has 2 rings (SSSR count). The van der Waals surface area contributed by atoms with Gasteiger partial charge in [0.15, 0.2) is 0 Å². The van der Waals surface area contributed by atoms with Gasteiger partial charge in [-0.05, 0) is 11.6 Å². The van der Waals surface area contributed by atoms with E-state index in [9.17, 15) is 20.2 Å². The first-order chi connectivity index (χ1) is 9.58. The number of rotatable bonds is 4. The zero-order valence-corrected chi connectivity index (χ0v) is 10.2. The van der Waals surface area contributed by atoms with Crippen LogP contribution in [-0.4, -0.2) is 16.1 Å². The number of hydrogen-bond donors (Lipinski definition) is 0. The Morgan fingerprint density at radius 1 is 0.950 bits per heavy atom. The number of nitro groups is 2. The maximum atomic E-state index is 10.8. The van der Waals surface area contributed by atoms with Crippen LogP contribution in [-0.2, 0) is 0 Å². The third kappa shape index (κ3) is 3.02. The topological polar surface area (TPSA) is 98.6 Å². The summed E-state index contributed by atoms with van der Waals surface area (Å²) in [5.41, 5.74) is 0.520. The maximum Gasteiger partial charge on any atom is 0.294 e. The van der Waals surface area contributed by atoms with Gasteiger partial charge in [-0.2, -0.15) is 0 Å². The third-order valence-corrected chi connectivity index (χ3v) is 2.51. The minimum Gasteiger partial charge on any atom is -0.258 e. The Bertz CT molecular complexity index is 698. The zero-order valence-electron chi connectivity index (χ0n) is 10.2. The summed E-state index contributed by atoms with van der Waals surface area (Å²) in [7, 11) is 0. The van der Waals surface area contributed by atoms with Crippen molar-refractivity contribution in [2.75, 3.05) is 0 Å². The van der Waals surface area contributed by atoms with E-state index in [1.165, 1.54) is 36.5 Å². The number of hydrogen-bond acceptors (Lipinski definition) is 5. The number of nitro benzene ring substituents is 2. The van der Waals surface area contributed by atoms with Gasteiger partial charge in [0.1, 0.15) is 5.69 Å². The minimum absolute atomic E-state index is 0.0588. The predicted molar refractivity (Wildman–Crippen MR) is 73.4 cm³/mol. The fraction of sp³-hybridized carbons (Fsp3) is 0. The van der Waals surface area contributed by atoms with E-state index in [0.29, 0.717) is 5.56 Å². The molecule has 0 fully saturated rings. The molecule has 0 aliphatic heterocycles. The molecule has 0 aromatic heterocycles. The standard InChI is InChI=1S/C13H9N3O4/c17-15(18)11-5-3-4-10(8-11)9-14-12-6-1-2-7-13(12)16(19)20/h1-9H. The first-order valence-electron chi connectivity index (χ1n) is 5.60. The summed E-state index contributed by atoms with van der Waals surface area (Å²) < 4.78 is 0. The second kappa shape index (κ2) is 5.70. The van der Waals surface area contributed by atoms with Crippen LogP contribution in [0.4, 0.5) is 17.1 Å². The number of aliphatic imine (C=N–C) groups is 1. The van der Waals surface area contributed by atoms with Crippen molar-refractivity contribution in [1.29, 1.82) is 0 Å². The van der Waals surface area contributed by atoms with Gasteiger partial charge in [-0.25, -0.2) is 4.99 Å². The van der Waals surface area contributed by atoms with Crippen molar-refractivity contribution in [3.8, 4) is 0 Å². The van der Waals surface area contributed by atoms with Gasteiger partial charge in [-0.1, -0.05) is 24.3 Å². The summed E-state index contributed by atoms with van der Waals surface area (Å²) in [6, 6.07) is 11.9. The lowest BCUT2D eigenvalue weighted by molar-refractivity contribution is -0.384. The summed E-state index contributed by atoms with van der Waals surface area (Å²) in [5.74, 6) is 0. The second-order valence-corrected chi connectivity index (χ2v) is 3.86. The van der Waals surface area contributed by atoms with Gasteiger partial charge >= 0.3 is 0 Å². The molecule has 0 spiro atoms. The molecule has 2 aromatic carbocycles. The van der Waals surface area contributed by atoms with E-state index in [2.05, 4.69) is 4.99 Å².